The summed E-state index contributed by atoms with van der Waals surface area (Å²) < 4.78 is 0. The Bertz CT molecular complexity index is 467. The first-order valence-electron chi connectivity index (χ1n) is 6.80. The molecular weight excluding hydrogens is 240 g/mol. The predicted octanol–water partition coefficient (Wildman–Crippen LogP) is 2.13. The van der Waals surface area contributed by atoms with E-state index in [0.717, 1.165) is 18.5 Å². The number of nitrogens with zero attached hydrogens (tertiary/aromatic N) is 1. The average molecular weight is 262 g/mol. The van der Waals surface area contributed by atoms with Crippen LogP contribution in [0.4, 0.5) is 5.69 Å². The minimum atomic E-state index is -0.107. The molecule has 1 aromatic rings. The standard InChI is InChI=1S/C14H22N4O/c1-10-8-12(18-15)11(9-16-10)13(19)17-14(2)6-4-3-5-7-14/h8-9H,3-7,15H2,1-2H3,(H,16,18)(H,17,19). The van der Waals surface area contributed by atoms with Gasteiger partial charge in [0, 0.05) is 17.4 Å². The Hall–Kier alpha value is -1.62. The monoisotopic (exact) mass is 262 g/mol. The second kappa shape index (κ2) is 5.57. The first-order valence-corrected chi connectivity index (χ1v) is 6.80. The number of hydrazine groups is 1. The SMILES string of the molecule is Cc1cc(NN)c(C(=O)NC2(C)CCCCC2)cn1. The zero-order chi connectivity index (χ0) is 13.9. The third-order valence-electron chi connectivity index (χ3n) is 3.81. The van der Waals surface area contributed by atoms with Gasteiger partial charge in [-0.15, -0.1) is 0 Å². The van der Waals surface area contributed by atoms with Gasteiger partial charge in [0.05, 0.1) is 11.3 Å². The molecule has 0 bridgehead atoms. The van der Waals surface area contributed by atoms with E-state index >= 15 is 0 Å². The molecule has 19 heavy (non-hydrogen) atoms. The molecule has 104 valence electrons. The van der Waals surface area contributed by atoms with Crippen molar-refractivity contribution >= 4 is 11.6 Å². The van der Waals surface area contributed by atoms with E-state index in [2.05, 4.69) is 22.7 Å². The number of amides is 1. The summed E-state index contributed by atoms with van der Waals surface area (Å²) in [5, 5.41) is 3.13. The summed E-state index contributed by atoms with van der Waals surface area (Å²) in [6, 6.07) is 1.78. The first-order chi connectivity index (χ1) is 9.04. The van der Waals surface area contributed by atoms with Crippen molar-refractivity contribution in [2.75, 3.05) is 5.43 Å². The van der Waals surface area contributed by atoms with Crippen molar-refractivity contribution in [2.24, 2.45) is 5.84 Å². The van der Waals surface area contributed by atoms with E-state index in [1.807, 2.05) is 6.92 Å². The van der Waals surface area contributed by atoms with Crippen LogP contribution in [0.1, 0.15) is 55.1 Å². The van der Waals surface area contributed by atoms with Crippen molar-refractivity contribution in [3.63, 3.8) is 0 Å². The Morgan fingerprint density at radius 3 is 2.68 bits per heavy atom. The van der Waals surface area contributed by atoms with Gasteiger partial charge < -0.3 is 10.7 Å². The number of carbonyl (C=O) groups is 1. The molecule has 1 fully saturated rings. The lowest BCUT2D eigenvalue weighted by Gasteiger charge is -2.34. The number of hydrogen-bond acceptors (Lipinski definition) is 4. The van der Waals surface area contributed by atoms with Crippen LogP contribution in [0, 0.1) is 6.92 Å². The zero-order valence-corrected chi connectivity index (χ0v) is 11.6. The summed E-state index contributed by atoms with van der Waals surface area (Å²) in [5.74, 6) is 5.36. The number of rotatable bonds is 3. The molecule has 0 radical (unpaired) electrons. The van der Waals surface area contributed by atoms with Crippen molar-refractivity contribution in [1.29, 1.82) is 0 Å². The maximum Gasteiger partial charge on any atom is 0.255 e. The fourth-order valence-electron chi connectivity index (χ4n) is 2.66. The number of nitrogens with two attached hydrogens (primary N) is 1. The zero-order valence-electron chi connectivity index (χ0n) is 11.6. The van der Waals surface area contributed by atoms with Crippen molar-refractivity contribution < 1.29 is 4.79 Å². The van der Waals surface area contributed by atoms with Crippen LogP contribution >= 0.6 is 0 Å². The molecule has 1 aromatic heterocycles. The number of nitrogens with one attached hydrogen (secondary N) is 2. The van der Waals surface area contributed by atoms with Gasteiger partial charge in [0.25, 0.3) is 5.91 Å². The van der Waals surface area contributed by atoms with Crippen LogP contribution in [0.5, 0.6) is 0 Å². The third kappa shape index (κ3) is 3.23. The molecule has 4 N–H and O–H groups in total. The number of aryl methyl sites for hydroxylation is 1. The molecule has 0 unspecified atom stereocenters. The fraction of sp³-hybridized carbons (Fsp3) is 0.571. The molecule has 1 saturated carbocycles. The number of hydrogen-bond donors (Lipinski definition) is 3. The highest BCUT2D eigenvalue weighted by Crippen LogP contribution is 2.28. The number of carbonyl (C=O) groups excluding carboxylic acids is 1. The number of pyridine rings is 1. The van der Waals surface area contributed by atoms with Crippen molar-refractivity contribution in [1.82, 2.24) is 10.3 Å². The van der Waals surface area contributed by atoms with Gasteiger partial charge in [-0.2, -0.15) is 0 Å². The van der Waals surface area contributed by atoms with E-state index in [9.17, 15) is 4.79 Å². The van der Waals surface area contributed by atoms with Gasteiger partial charge in [-0.3, -0.25) is 15.6 Å². The van der Waals surface area contributed by atoms with Crippen molar-refractivity contribution in [2.45, 2.75) is 51.5 Å². The summed E-state index contributed by atoms with van der Waals surface area (Å²) in [6.45, 7) is 3.98. The van der Waals surface area contributed by atoms with E-state index in [-0.39, 0.29) is 11.4 Å². The lowest BCUT2D eigenvalue weighted by molar-refractivity contribution is 0.0883. The number of aromatic nitrogens is 1. The Kier molecular flexibility index (Phi) is 4.04. The van der Waals surface area contributed by atoms with E-state index in [1.165, 1.54) is 19.3 Å². The van der Waals surface area contributed by atoms with Crippen LogP contribution in [0.25, 0.3) is 0 Å². The summed E-state index contributed by atoms with van der Waals surface area (Å²) in [5.41, 5.74) is 4.40. The van der Waals surface area contributed by atoms with E-state index in [4.69, 9.17) is 5.84 Å². The van der Waals surface area contributed by atoms with Gasteiger partial charge in [-0.25, -0.2) is 0 Å². The first kappa shape index (κ1) is 13.8. The minimum Gasteiger partial charge on any atom is -0.347 e. The lowest BCUT2D eigenvalue weighted by atomic mass is 9.83. The van der Waals surface area contributed by atoms with Crippen molar-refractivity contribution in [3.8, 4) is 0 Å². The molecule has 2 rings (SSSR count). The molecular formula is C14H22N4O. The summed E-state index contributed by atoms with van der Waals surface area (Å²) in [6.07, 6.45) is 7.24. The van der Waals surface area contributed by atoms with E-state index in [0.29, 0.717) is 11.3 Å². The smallest absolute Gasteiger partial charge is 0.255 e. The molecule has 0 atom stereocenters. The molecule has 5 nitrogen and oxygen atoms in total. The van der Waals surface area contributed by atoms with Gasteiger partial charge in [0.15, 0.2) is 0 Å². The summed E-state index contributed by atoms with van der Waals surface area (Å²) in [4.78, 5) is 16.5. The predicted molar refractivity (Wildman–Crippen MR) is 75.7 cm³/mol. The summed E-state index contributed by atoms with van der Waals surface area (Å²) >= 11 is 0. The van der Waals surface area contributed by atoms with Crippen LogP contribution < -0.4 is 16.6 Å². The molecule has 0 aliphatic heterocycles. The molecule has 0 saturated heterocycles. The van der Waals surface area contributed by atoms with E-state index < -0.39 is 0 Å². The molecule has 1 aliphatic carbocycles. The third-order valence-corrected chi connectivity index (χ3v) is 3.81. The van der Waals surface area contributed by atoms with Gasteiger partial charge in [-0.1, -0.05) is 19.3 Å². The molecule has 1 amide bonds. The second-order valence-electron chi connectivity index (χ2n) is 5.59. The quantitative estimate of drug-likeness (QED) is 0.576. The van der Waals surface area contributed by atoms with E-state index in [1.54, 1.807) is 12.3 Å². The average Bonchev–Trinajstić information content (AvgIpc) is 2.38. The largest absolute Gasteiger partial charge is 0.347 e. The molecule has 1 heterocycles. The highest BCUT2D eigenvalue weighted by molar-refractivity contribution is 5.99. The fourth-order valence-corrected chi connectivity index (χ4v) is 2.66. The van der Waals surface area contributed by atoms with Crippen LogP contribution in [-0.4, -0.2) is 16.4 Å². The van der Waals surface area contributed by atoms with Gasteiger partial charge in [0.1, 0.15) is 0 Å². The van der Waals surface area contributed by atoms with Crippen LogP contribution in [0.2, 0.25) is 0 Å². The summed E-state index contributed by atoms with van der Waals surface area (Å²) in [7, 11) is 0. The molecule has 0 spiro atoms. The maximum absolute atomic E-state index is 12.4. The molecule has 0 aromatic carbocycles. The van der Waals surface area contributed by atoms with Gasteiger partial charge in [-0.05, 0) is 32.8 Å². The Morgan fingerprint density at radius 2 is 2.05 bits per heavy atom. The van der Waals surface area contributed by atoms with Crippen LogP contribution in [-0.2, 0) is 0 Å². The second-order valence-corrected chi connectivity index (χ2v) is 5.59. The van der Waals surface area contributed by atoms with Gasteiger partial charge >= 0.3 is 0 Å². The highest BCUT2D eigenvalue weighted by atomic mass is 16.1. The Morgan fingerprint density at radius 1 is 1.37 bits per heavy atom. The van der Waals surface area contributed by atoms with Crippen LogP contribution in [0.15, 0.2) is 12.3 Å². The van der Waals surface area contributed by atoms with Gasteiger partial charge in [0.2, 0.25) is 0 Å². The van der Waals surface area contributed by atoms with Crippen molar-refractivity contribution in [3.05, 3.63) is 23.5 Å². The Labute approximate surface area is 114 Å². The number of anilines is 1. The molecule has 1 aliphatic rings. The van der Waals surface area contributed by atoms with Crippen LogP contribution in [0.3, 0.4) is 0 Å². The lowest BCUT2D eigenvalue weighted by Crippen LogP contribution is -2.47. The maximum atomic E-state index is 12.4. The molecule has 5 heteroatoms. The Balaban J connectivity index is 2.15. The minimum absolute atomic E-state index is 0.105. The topological polar surface area (TPSA) is 80.0 Å². The normalized spacial score (nSPS) is 17.8. The number of nitrogen functional groups attached to an aromatic ring is 1. The highest BCUT2D eigenvalue weighted by Gasteiger charge is 2.29.